The first-order valence-corrected chi connectivity index (χ1v) is 6.44. The molecule has 0 spiro atoms. The van der Waals surface area contributed by atoms with Crippen molar-refractivity contribution in [2.75, 3.05) is 6.61 Å². The summed E-state index contributed by atoms with van der Waals surface area (Å²) in [5.74, 6) is 0. The van der Waals surface area contributed by atoms with Gasteiger partial charge in [-0.25, -0.2) is 9.13 Å². The summed E-state index contributed by atoms with van der Waals surface area (Å²) in [7, 11) is -9.28. The van der Waals surface area contributed by atoms with Crippen molar-refractivity contribution in [2.45, 2.75) is 0 Å². The average Bonchev–Trinajstić information content (AvgIpc) is 1.94. The molecule has 0 atom stereocenters. The highest BCUT2D eigenvalue weighted by molar-refractivity contribution is 7.45. The molecule has 0 aromatic carbocycles. The summed E-state index contributed by atoms with van der Waals surface area (Å²) in [6.45, 7) is 7.31. The molecule has 12 N–H and O–H groups in total. The van der Waals surface area contributed by atoms with Crippen LogP contribution in [0.3, 0.4) is 0 Å². The lowest BCUT2D eigenvalue weighted by molar-refractivity contribution is 0.272. The molecule has 0 unspecified atom stereocenters. The van der Waals surface area contributed by atoms with Gasteiger partial charge in [0, 0.05) is 0 Å². The van der Waals surface area contributed by atoms with Crippen LogP contribution in [0.4, 0.5) is 0 Å². The lowest BCUT2D eigenvalue weighted by atomic mass is 10.7. The van der Waals surface area contributed by atoms with E-state index in [2.05, 4.69) is 17.9 Å². The Morgan fingerprint density at radius 1 is 0.842 bits per heavy atom. The van der Waals surface area contributed by atoms with Gasteiger partial charge in [-0.2, -0.15) is 0 Å². The van der Waals surface area contributed by atoms with Crippen LogP contribution in [0.2, 0.25) is 0 Å². The first-order chi connectivity index (χ1) is 6.91. The molecule has 0 aromatic heterocycles. The Bertz CT molecular complexity index is 221. The van der Waals surface area contributed by atoms with Gasteiger partial charge in [0.25, 0.3) is 0 Å². The zero-order valence-electron chi connectivity index (χ0n) is 9.58. The van der Waals surface area contributed by atoms with Crippen LogP contribution in [0.15, 0.2) is 25.5 Å². The molecule has 0 saturated carbocycles. The van der Waals surface area contributed by atoms with Gasteiger partial charge < -0.3 is 50.5 Å². The van der Waals surface area contributed by atoms with Crippen molar-refractivity contribution < 1.29 is 59.7 Å². The van der Waals surface area contributed by atoms with Gasteiger partial charge in [0.15, 0.2) is 0 Å². The fraction of sp³-hybridized carbons (Fsp3) is 0.200. The monoisotopic (exact) mass is 334 g/mol. The summed E-state index contributed by atoms with van der Waals surface area (Å²) in [6, 6.07) is 0. The Balaban J connectivity index is -0.0000000311. The molecule has 14 heteroatoms. The van der Waals surface area contributed by atoms with Crippen LogP contribution in [0.1, 0.15) is 0 Å². The number of hydrogen-bond acceptors (Lipinski definition) is 3. The predicted octanol–water partition coefficient (Wildman–Crippen LogP) is -3.00. The van der Waals surface area contributed by atoms with E-state index in [4.69, 9.17) is 38.5 Å². The molecule has 0 amide bonds. The van der Waals surface area contributed by atoms with Crippen molar-refractivity contribution in [2.24, 2.45) is 0 Å². The van der Waals surface area contributed by atoms with Gasteiger partial charge in [-0.15, -0.1) is 0 Å². The maximum absolute atomic E-state index is 8.88. The van der Waals surface area contributed by atoms with E-state index >= 15 is 0 Å². The smallest absolute Gasteiger partial charge is 0.466 e. The van der Waals surface area contributed by atoms with Gasteiger partial charge in [-0.3, -0.25) is 0 Å². The highest BCUT2D eigenvalue weighted by Crippen LogP contribution is 2.26. The third-order valence-corrected chi connectivity index (χ3v) is 0.332. The van der Waals surface area contributed by atoms with Crippen molar-refractivity contribution >= 4 is 15.6 Å². The summed E-state index contributed by atoms with van der Waals surface area (Å²) in [4.78, 5) is 43.1. The third kappa shape index (κ3) is 726. The summed E-state index contributed by atoms with van der Waals surface area (Å²) < 4.78 is 22.4. The van der Waals surface area contributed by atoms with E-state index < -0.39 is 15.6 Å². The second-order valence-corrected chi connectivity index (χ2v) is 3.87. The van der Waals surface area contributed by atoms with Gasteiger partial charge >= 0.3 is 15.6 Å². The first-order valence-electron chi connectivity index (χ1n) is 3.31. The molecule has 0 fully saturated rings. The van der Waals surface area contributed by atoms with Crippen molar-refractivity contribution in [3.8, 4) is 0 Å². The van der Waals surface area contributed by atoms with Crippen molar-refractivity contribution in [3.05, 3.63) is 25.5 Å². The van der Waals surface area contributed by atoms with Crippen LogP contribution >= 0.6 is 15.6 Å². The summed E-state index contributed by atoms with van der Waals surface area (Å²) in [5.41, 5.74) is 0. The highest BCUT2D eigenvalue weighted by Gasteiger charge is 2.00. The Kier molecular flexibility index (Phi) is 37.6. The molecule has 12 nitrogen and oxygen atoms in total. The maximum Gasteiger partial charge on any atom is 0.466 e. The molecule has 0 aliphatic carbocycles. The minimum absolute atomic E-state index is 0. The molecule has 0 saturated heterocycles. The van der Waals surface area contributed by atoms with E-state index in [0.29, 0.717) is 6.61 Å². The second-order valence-electron chi connectivity index (χ2n) is 1.82. The SMILES string of the molecule is C=CCOC=C.O.O.O.O=P(O)(O)O.O=P(O)(O)O. The van der Waals surface area contributed by atoms with Crippen molar-refractivity contribution in [1.29, 1.82) is 0 Å². The summed E-state index contributed by atoms with van der Waals surface area (Å²) in [5, 5.41) is 0. The normalized spacial score (nSPS) is 8.32. The predicted molar refractivity (Wildman–Crippen MR) is 65.7 cm³/mol. The zero-order valence-corrected chi connectivity index (χ0v) is 11.4. The molecular formula is C5H20O12P2. The van der Waals surface area contributed by atoms with Gasteiger partial charge in [-0.05, 0) is 0 Å². The lowest BCUT2D eigenvalue weighted by Crippen LogP contribution is -1.75. The van der Waals surface area contributed by atoms with E-state index in [9.17, 15) is 0 Å². The molecule has 0 radical (unpaired) electrons. The van der Waals surface area contributed by atoms with Crippen LogP contribution in [-0.4, -0.2) is 52.4 Å². The topological polar surface area (TPSA) is 259 Å². The minimum Gasteiger partial charge on any atom is -0.498 e. The number of phosphoric acid groups is 2. The fourth-order valence-corrected chi connectivity index (χ4v) is 0.136. The molecule has 19 heavy (non-hydrogen) atoms. The number of ether oxygens (including phenoxy) is 1. The molecule has 0 aliphatic heterocycles. The van der Waals surface area contributed by atoms with Crippen molar-refractivity contribution in [1.82, 2.24) is 0 Å². The van der Waals surface area contributed by atoms with Crippen LogP contribution in [0.25, 0.3) is 0 Å². The third-order valence-electron chi connectivity index (χ3n) is 0.332. The Morgan fingerprint density at radius 2 is 1.05 bits per heavy atom. The first kappa shape index (κ1) is 36.2. The van der Waals surface area contributed by atoms with Gasteiger partial charge in [0.2, 0.25) is 0 Å². The van der Waals surface area contributed by atoms with Crippen LogP contribution < -0.4 is 0 Å². The van der Waals surface area contributed by atoms with E-state index in [0.717, 1.165) is 0 Å². The Labute approximate surface area is 108 Å². The Hall–Kier alpha value is -0.620. The molecule has 0 aliphatic rings. The van der Waals surface area contributed by atoms with E-state index in [-0.39, 0.29) is 16.4 Å². The largest absolute Gasteiger partial charge is 0.498 e. The van der Waals surface area contributed by atoms with Gasteiger partial charge in [-0.1, -0.05) is 19.2 Å². The van der Waals surface area contributed by atoms with Crippen LogP contribution in [0.5, 0.6) is 0 Å². The van der Waals surface area contributed by atoms with Crippen molar-refractivity contribution in [3.63, 3.8) is 0 Å². The summed E-state index contributed by atoms with van der Waals surface area (Å²) in [6.07, 6.45) is 3.06. The molecule has 0 bridgehead atoms. The second kappa shape index (κ2) is 19.7. The lowest BCUT2D eigenvalue weighted by Gasteiger charge is -1.86. The van der Waals surface area contributed by atoms with Gasteiger partial charge in [0.05, 0.1) is 6.26 Å². The average molecular weight is 334 g/mol. The Morgan fingerprint density at radius 3 is 1.11 bits per heavy atom. The van der Waals surface area contributed by atoms with E-state index in [1.807, 2.05) is 0 Å². The highest BCUT2D eigenvalue weighted by atomic mass is 31.2. The van der Waals surface area contributed by atoms with Crippen LogP contribution in [-0.2, 0) is 13.9 Å². The van der Waals surface area contributed by atoms with Gasteiger partial charge in [0.1, 0.15) is 6.61 Å². The fourth-order valence-electron chi connectivity index (χ4n) is 0.136. The standard InChI is InChI=1S/C5H8O.2H3O4P.3H2O/c1-3-5-6-4-2;2*1-5(2,3)4;;;/h3-4H,1-2,5H2;2*(H3,1,2,3,4);3*1H2. The molecule has 0 rings (SSSR count). The minimum atomic E-state index is -4.64. The van der Waals surface area contributed by atoms with E-state index in [1.165, 1.54) is 6.26 Å². The maximum atomic E-state index is 8.88. The molecular weight excluding hydrogens is 314 g/mol. The number of hydrogen-bond donors (Lipinski definition) is 6. The summed E-state index contributed by atoms with van der Waals surface area (Å²) >= 11 is 0. The molecule has 0 heterocycles. The van der Waals surface area contributed by atoms with Crippen LogP contribution in [0, 0.1) is 0 Å². The zero-order chi connectivity index (χ0) is 13.8. The molecule has 122 valence electrons. The quantitative estimate of drug-likeness (QED) is 0.133. The number of rotatable bonds is 3. The molecule has 0 aromatic rings. The van der Waals surface area contributed by atoms with E-state index in [1.54, 1.807) is 6.08 Å².